The number of amidine groups is 1. The third-order valence-corrected chi connectivity index (χ3v) is 10.2. The highest BCUT2D eigenvalue weighted by Crippen LogP contribution is 2.46. The molecule has 0 spiro atoms. The van der Waals surface area contributed by atoms with Crippen molar-refractivity contribution < 1.29 is 18.7 Å². The molecule has 6 nitrogen and oxygen atoms in total. The minimum absolute atomic E-state index is 0.0125. The zero-order chi connectivity index (χ0) is 24.9. The smallest absolute Gasteiger partial charge is 0.223 e. The summed E-state index contributed by atoms with van der Waals surface area (Å²) in [6, 6.07) is 0. The van der Waals surface area contributed by atoms with Gasteiger partial charge < -0.3 is 19.7 Å². The molecule has 4 aliphatic rings. The third-order valence-electron chi connectivity index (χ3n) is 9.30. The number of methoxy groups -OCH3 is 2. The van der Waals surface area contributed by atoms with Gasteiger partial charge in [0, 0.05) is 45.5 Å². The van der Waals surface area contributed by atoms with Gasteiger partial charge in [0.25, 0.3) is 0 Å². The highest BCUT2D eigenvalue weighted by molar-refractivity contribution is 8.14. The van der Waals surface area contributed by atoms with Gasteiger partial charge in [-0.3, -0.25) is 10.2 Å². The molecule has 1 saturated heterocycles. The van der Waals surface area contributed by atoms with E-state index >= 15 is 0 Å². The van der Waals surface area contributed by atoms with Crippen LogP contribution in [0.1, 0.15) is 64.7 Å². The summed E-state index contributed by atoms with van der Waals surface area (Å²) in [5, 5.41) is 12.2. The fourth-order valence-electron chi connectivity index (χ4n) is 7.45. The molecule has 4 rings (SSSR count). The van der Waals surface area contributed by atoms with E-state index in [1.807, 2.05) is 0 Å². The Hall–Kier alpha value is -0.860. The van der Waals surface area contributed by atoms with Crippen molar-refractivity contribution in [3.8, 4) is 0 Å². The summed E-state index contributed by atoms with van der Waals surface area (Å²) in [6.45, 7) is 4.71. The van der Waals surface area contributed by atoms with Gasteiger partial charge in [0.05, 0.1) is 12.2 Å². The van der Waals surface area contributed by atoms with Crippen LogP contribution in [-0.2, 0) is 14.3 Å². The molecule has 2 N–H and O–H groups in total. The number of ether oxygens (including phenoxy) is 2. The fourth-order valence-corrected chi connectivity index (χ4v) is 8.30. The molecule has 4 fully saturated rings. The van der Waals surface area contributed by atoms with Crippen LogP contribution >= 0.6 is 11.8 Å². The Labute approximate surface area is 215 Å². The number of thioether (sulfide) groups is 1. The van der Waals surface area contributed by atoms with E-state index in [-0.39, 0.29) is 24.0 Å². The van der Waals surface area contributed by atoms with Gasteiger partial charge in [-0.05, 0) is 87.4 Å². The second-order valence-electron chi connectivity index (χ2n) is 11.7. The number of carbonyl (C=O) groups is 1. The number of rotatable bonds is 8. The average Bonchev–Trinajstić information content (AvgIpc) is 3.26. The van der Waals surface area contributed by atoms with Gasteiger partial charge in [-0.1, -0.05) is 18.7 Å². The minimum Gasteiger partial charge on any atom is -0.381 e. The zero-order valence-electron chi connectivity index (χ0n) is 21.8. The van der Waals surface area contributed by atoms with Gasteiger partial charge in [-0.25, -0.2) is 4.39 Å². The van der Waals surface area contributed by atoms with E-state index in [0.717, 1.165) is 63.8 Å². The first-order valence-electron chi connectivity index (χ1n) is 13.8. The highest BCUT2D eigenvalue weighted by Gasteiger charge is 2.41. The van der Waals surface area contributed by atoms with E-state index in [4.69, 9.17) is 14.9 Å². The first-order chi connectivity index (χ1) is 16.9. The molecule has 0 bridgehead atoms. The molecule has 3 saturated carbocycles. The normalized spacial score (nSPS) is 40.6. The molecule has 8 atom stereocenters. The monoisotopic (exact) mass is 511 g/mol. The topological polar surface area (TPSA) is 74.7 Å². The Morgan fingerprint density at radius 3 is 2.43 bits per heavy atom. The maximum atomic E-state index is 14.0. The van der Waals surface area contributed by atoms with Gasteiger partial charge in [-0.2, -0.15) is 0 Å². The Morgan fingerprint density at radius 1 is 1.06 bits per heavy atom. The summed E-state index contributed by atoms with van der Waals surface area (Å²) >= 11 is 1.63. The number of amides is 1. The van der Waals surface area contributed by atoms with Crippen molar-refractivity contribution in [3.05, 3.63) is 0 Å². The number of hydrogen-bond donors (Lipinski definition) is 2. The SMILES string of the molecule is COC1CC(CNC(=O)C2CC(CN3CCSC3=N)CC(C3CCC(F)CC3C)C2)CC(OC)C1. The molecule has 0 radical (unpaired) electrons. The molecule has 8 unspecified atom stereocenters. The van der Waals surface area contributed by atoms with E-state index in [1.165, 1.54) is 0 Å². The highest BCUT2D eigenvalue weighted by atomic mass is 32.2. The molecule has 1 heterocycles. The van der Waals surface area contributed by atoms with Crippen molar-refractivity contribution in [3.63, 3.8) is 0 Å². The quantitative estimate of drug-likeness (QED) is 0.493. The second kappa shape index (κ2) is 12.6. The molecule has 0 aromatic carbocycles. The lowest BCUT2D eigenvalue weighted by Crippen LogP contribution is -2.44. The lowest BCUT2D eigenvalue weighted by molar-refractivity contribution is -0.128. The first kappa shape index (κ1) is 27.2. The standard InChI is InChI=1S/C27H46FN3O3S/c1-17-8-22(28)4-5-25(17)20-9-19(16-31-6-7-35-27(31)29)10-21(13-20)26(32)30-15-18-11-23(33-2)14-24(12-18)34-3/h17-25,29H,4-16H2,1-3H3,(H,30,32). The fraction of sp³-hybridized carbons (Fsp3) is 0.926. The van der Waals surface area contributed by atoms with E-state index in [0.29, 0.717) is 54.1 Å². The number of nitrogens with one attached hydrogen (secondary N) is 2. The lowest BCUT2D eigenvalue weighted by Gasteiger charge is -2.43. The number of alkyl halides is 1. The molecule has 35 heavy (non-hydrogen) atoms. The predicted molar refractivity (Wildman–Crippen MR) is 139 cm³/mol. The number of hydrogen-bond acceptors (Lipinski definition) is 5. The summed E-state index contributed by atoms with van der Waals surface area (Å²) in [5.74, 6) is 3.35. The van der Waals surface area contributed by atoms with Crippen molar-refractivity contribution >= 4 is 22.8 Å². The Morgan fingerprint density at radius 2 is 1.80 bits per heavy atom. The van der Waals surface area contributed by atoms with Crippen molar-refractivity contribution in [2.24, 2.45) is 35.5 Å². The first-order valence-corrected chi connectivity index (χ1v) is 14.8. The molecule has 200 valence electrons. The van der Waals surface area contributed by atoms with Crippen LogP contribution in [0.25, 0.3) is 0 Å². The van der Waals surface area contributed by atoms with Crippen molar-refractivity contribution in [2.75, 3.05) is 39.6 Å². The average molecular weight is 512 g/mol. The van der Waals surface area contributed by atoms with Gasteiger partial charge in [-0.15, -0.1) is 0 Å². The molecule has 3 aliphatic carbocycles. The summed E-state index contributed by atoms with van der Waals surface area (Å²) in [5.41, 5.74) is 0. The van der Waals surface area contributed by atoms with E-state index in [2.05, 4.69) is 17.1 Å². The molecule has 8 heteroatoms. The van der Waals surface area contributed by atoms with Crippen LogP contribution in [-0.4, -0.2) is 74.0 Å². The molecule has 0 aromatic heterocycles. The Kier molecular flexibility index (Phi) is 9.78. The van der Waals surface area contributed by atoms with Crippen LogP contribution in [0.2, 0.25) is 0 Å². The zero-order valence-corrected chi connectivity index (χ0v) is 22.7. The van der Waals surface area contributed by atoms with Crippen LogP contribution in [0, 0.1) is 40.9 Å². The van der Waals surface area contributed by atoms with Gasteiger partial charge >= 0.3 is 0 Å². The summed E-state index contributed by atoms with van der Waals surface area (Å²) < 4.78 is 25.3. The summed E-state index contributed by atoms with van der Waals surface area (Å²) in [4.78, 5) is 15.7. The molecule has 1 amide bonds. The third kappa shape index (κ3) is 7.13. The van der Waals surface area contributed by atoms with E-state index < -0.39 is 6.17 Å². The maximum Gasteiger partial charge on any atom is 0.223 e. The van der Waals surface area contributed by atoms with Crippen LogP contribution in [0.4, 0.5) is 4.39 Å². The number of carbonyl (C=O) groups excluding carboxylic acids is 1. The molecular formula is C27H46FN3O3S. The minimum atomic E-state index is -0.663. The van der Waals surface area contributed by atoms with E-state index in [9.17, 15) is 9.18 Å². The van der Waals surface area contributed by atoms with Crippen LogP contribution in [0.3, 0.4) is 0 Å². The summed E-state index contributed by atoms with van der Waals surface area (Å²) in [6.07, 6.45) is 7.79. The van der Waals surface area contributed by atoms with Crippen LogP contribution < -0.4 is 5.32 Å². The van der Waals surface area contributed by atoms with Crippen LogP contribution in [0.15, 0.2) is 0 Å². The predicted octanol–water partition coefficient (Wildman–Crippen LogP) is 4.72. The number of halogens is 1. The van der Waals surface area contributed by atoms with Gasteiger partial charge in [0.15, 0.2) is 5.17 Å². The lowest BCUT2D eigenvalue weighted by atomic mass is 9.63. The van der Waals surface area contributed by atoms with Gasteiger partial charge in [0.2, 0.25) is 5.91 Å². The molecule has 0 aromatic rings. The van der Waals surface area contributed by atoms with Crippen molar-refractivity contribution in [2.45, 2.75) is 83.1 Å². The van der Waals surface area contributed by atoms with Gasteiger partial charge in [0.1, 0.15) is 6.17 Å². The Balaban J connectivity index is 1.38. The maximum absolute atomic E-state index is 14.0. The molecule has 1 aliphatic heterocycles. The van der Waals surface area contributed by atoms with Crippen LogP contribution in [0.5, 0.6) is 0 Å². The second-order valence-corrected chi connectivity index (χ2v) is 12.8. The van der Waals surface area contributed by atoms with Crippen molar-refractivity contribution in [1.82, 2.24) is 10.2 Å². The van der Waals surface area contributed by atoms with Crippen molar-refractivity contribution in [1.29, 1.82) is 5.41 Å². The van der Waals surface area contributed by atoms with E-state index in [1.54, 1.807) is 26.0 Å². The Bertz CT molecular complexity index is 716. The number of nitrogens with zero attached hydrogens (tertiary/aromatic N) is 1. The molecular weight excluding hydrogens is 465 g/mol. The largest absolute Gasteiger partial charge is 0.381 e. The summed E-state index contributed by atoms with van der Waals surface area (Å²) in [7, 11) is 3.52.